The molecule has 1 atom stereocenters. The van der Waals surface area contributed by atoms with Crippen molar-refractivity contribution in [3.8, 4) is 0 Å². The lowest BCUT2D eigenvalue weighted by Gasteiger charge is -2.31. The Labute approximate surface area is 158 Å². The van der Waals surface area contributed by atoms with Gasteiger partial charge < -0.3 is 19.3 Å². The molecule has 7 nitrogen and oxygen atoms in total. The molecule has 0 spiro atoms. The summed E-state index contributed by atoms with van der Waals surface area (Å²) in [5.74, 6) is 1.39. The summed E-state index contributed by atoms with van der Waals surface area (Å²) >= 11 is 0. The topological polar surface area (TPSA) is 76.2 Å². The molecule has 0 radical (unpaired) electrons. The summed E-state index contributed by atoms with van der Waals surface area (Å²) < 4.78 is 7.36. The number of hydrogen-bond acceptors (Lipinski definition) is 4. The van der Waals surface area contributed by atoms with Gasteiger partial charge in [0.05, 0.1) is 0 Å². The Morgan fingerprint density at radius 3 is 2.93 bits per heavy atom. The minimum Gasteiger partial charge on any atom is -0.345 e. The van der Waals surface area contributed by atoms with Gasteiger partial charge in [0.1, 0.15) is 0 Å². The van der Waals surface area contributed by atoms with Crippen LogP contribution >= 0.6 is 0 Å². The SMILES string of the molecule is CCn1c(C)cc2cc(NC(=O)N3CCC[C@H](c4noc(C)n4)C3)ccc21. The molecule has 1 saturated heterocycles. The van der Waals surface area contributed by atoms with Crippen LogP contribution in [0.2, 0.25) is 0 Å². The molecule has 2 amide bonds. The number of benzene rings is 1. The molecule has 0 unspecified atom stereocenters. The van der Waals surface area contributed by atoms with Gasteiger partial charge in [-0.05, 0) is 51.0 Å². The van der Waals surface area contributed by atoms with Crippen LogP contribution in [-0.4, -0.2) is 38.7 Å². The Balaban J connectivity index is 1.47. The molecule has 1 aromatic carbocycles. The average molecular weight is 367 g/mol. The van der Waals surface area contributed by atoms with Crippen molar-refractivity contribution in [2.24, 2.45) is 0 Å². The standard InChI is InChI=1S/C20H25N5O2/c1-4-25-13(2)10-16-11-17(7-8-18(16)25)22-20(26)24-9-5-6-15(12-24)19-21-14(3)27-23-19/h7-8,10-11,15H,4-6,9,12H2,1-3H3,(H,22,26)/t15-/m0/s1. The van der Waals surface area contributed by atoms with E-state index in [2.05, 4.69) is 46.0 Å². The molecule has 3 heterocycles. The number of likely N-dealkylation sites (tertiary alicyclic amines) is 1. The highest BCUT2D eigenvalue weighted by Gasteiger charge is 2.27. The van der Waals surface area contributed by atoms with Gasteiger partial charge in [-0.15, -0.1) is 0 Å². The first kappa shape index (κ1) is 17.6. The van der Waals surface area contributed by atoms with E-state index in [0.717, 1.165) is 37.0 Å². The van der Waals surface area contributed by atoms with E-state index in [-0.39, 0.29) is 11.9 Å². The minimum absolute atomic E-state index is 0.0779. The maximum absolute atomic E-state index is 12.8. The Bertz CT molecular complexity index is 974. The number of nitrogens with zero attached hydrogens (tertiary/aromatic N) is 4. The van der Waals surface area contributed by atoms with Crippen molar-refractivity contribution in [2.45, 2.75) is 46.1 Å². The predicted molar refractivity (Wildman–Crippen MR) is 104 cm³/mol. The molecule has 142 valence electrons. The predicted octanol–water partition coefficient (Wildman–Crippen LogP) is 4.07. The molecule has 0 saturated carbocycles. The smallest absolute Gasteiger partial charge is 0.321 e. The molecular weight excluding hydrogens is 342 g/mol. The van der Waals surface area contributed by atoms with Gasteiger partial charge in [0, 0.05) is 54.8 Å². The number of rotatable bonds is 3. The van der Waals surface area contributed by atoms with Crippen LogP contribution in [0.25, 0.3) is 10.9 Å². The molecule has 2 aromatic heterocycles. The van der Waals surface area contributed by atoms with E-state index < -0.39 is 0 Å². The second-order valence-electron chi connectivity index (χ2n) is 7.19. The number of piperidine rings is 1. The molecule has 4 rings (SSSR count). The Kier molecular flexibility index (Phi) is 4.59. The largest absolute Gasteiger partial charge is 0.345 e. The van der Waals surface area contributed by atoms with Crippen molar-refractivity contribution >= 4 is 22.6 Å². The third kappa shape index (κ3) is 3.41. The Morgan fingerprint density at radius 2 is 2.19 bits per heavy atom. The van der Waals surface area contributed by atoms with Crippen molar-refractivity contribution in [3.05, 3.63) is 41.7 Å². The van der Waals surface area contributed by atoms with Crippen LogP contribution in [-0.2, 0) is 6.54 Å². The van der Waals surface area contributed by atoms with Gasteiger partial charge >= 0.3 is 6.03 Å². The van der Waals surface area contributed by atoms with Gasteiger partial charge in [0.25, 0.3) is 0 Å². The van der Waals surface area contributed by atoms with Crippen molar-refractivity contribution in [1.29, 1.82) is 0 Å². The molecule has 1 fully saturated rings. The Morgan fingerprint density at radius 1 is 1.33 bits per heavy atom. The van der Waals surface area contributed by atoms with Gasteiger partial charge in [-0.3, -0.25) is 0 Å². The minimum atomic E-state index is -0.0779. The van der Waals surface area contributed by atoms with Crippen LogP contribution in [0.15, 0.2) is 28.8 Å². The maximum Gasteiger partial charge on any atom is 0.321 e. The van der Waals surface area contributed by atoms with Crippen LogP contribution < -0.4 is 5.32 Å². The summed E-state index contributed by atoms with van der Waals surface area (Å²) in [6.07, 6.45) is 1.90. The number of amides is 2. The molecule has 1 N–H and O–H groups in total. The number of anilines is 1. The highest BCUT2D eigenvalue weighted by molar-refractivity contribution is 5.93. The first-order valence-corrected chi connectivity index (χ1v) is 9.51. The van der Waals surface area contributed by atoms with Gasteiger partial charge in [0.2, 0.25) is 5.89 Å². The molecule has 1 aliphatic rings. The number of aromatic nitrogens is 3. The molecular formula is C20H25N5O2. The van der Waals surface area contributed by atoms with E-state index in [4.69, 9.17) is 4.52 Å². The van der Waals surface area contributed by atoms with E-state index in [9.17, 15) is 4.79 Å². The molecule has 1 aliphatic heterocycles. The summed E-state index contributed by atoms with van der Waals surface area (Å²) in [7, 11) is 0. The normalized spacial score (nSPS) is 17.4. The summed E-state index contributed by atoms with van der Waals surface area (Å²) in [5.41, 5.74) is 3.24. The first-order chi connectivity index (χ1) is 13.0. The van der Waals surface area contributed by atoms with E-state index in [0.29, 0.717) is 18.3 Å². The van der Waals surface area contributed by atoms with Crippen LogP contribution in [0.3, 0.4) is 0 Å². The molecule has 7 heteroatoms. The number of nitrogens with one attached hydrogen (secondary N) is 1. The highest BCUT2D eigenvalue weighted by atomic mass is 16.5. The maximum atomic E-state index is 12.8. The Hall–Kier alpha value is -2.83. The third-order valence-electron chi connectivity index (χ3n) is 5.29. The molecule has 3 aromatic rings. The van der Waals surface area contributed by atoms with Crippen molar-refractivity contribution in [1.82, 2.24) is 19.6 Å². The fourth-order valence-corrected chi connectivity index (χ4v) is 3.96. The second-order valence-corrected chi connectivity index (χ2v) is 7.19. The van der Waals surface area contributed by atoms with Crippen LogP contribution in [0.1, 0.15) is 43.1 Å². The van der Waals surface area contributed by atoms with Crippen molar-refractivity contribution < 1.29 is 9.32 Å². The average Bonchev–Trinajstić information content (AvgIpc) is 3.23. The summed E-state index contributed by atoms with van der Waals surface area (Å²) in [5, 5.41) is 8.21. The number of fused-ring (bicyclic) bond motifs is 1. The fourth-order valence-electron chi connectivity index (χ4n) is 3.96. The van der Waals surface area contributed by atoms with Crippen LogP contribution in [0.4, 0.5) is 10.5 Å². The number of carbonyl (C=O) groups excluding carboxylic acids is 1. The molecule has 27 heavy (non-hydrogen) atoms. The van der Waals surface area contributed by atoms with Crippen LogP contribution in [0, 0.1) is 13.8 Å². The van der Waals surface area contributed by atoms with Gasteiger partial charge in [-0.1, -0.05) is 5.16 Å². The van der Waals surface area contributed by atoms with Gasteiger partial charge in [-0.2, -0.15) is 4.98 Å². The second kappa shape index (κ2) is 7.06. The lowest BCUT2D eigenvalue weighted by Crippen LogP contribution is -2.41. The van der Waals surface area contributed by atoms with Crippen molar-refractivity contribution in [3.63, 3.8) is 0 Å². The lowest BCUT2D eigenvalue weighted by atomic mass is 9.98. The monoisotopic (exact) mass is 367 g/mol. The summed E-state index contributed by atoms with van der Waals surface area (Å²) in [6.45, 7) is 8.32. The zero-order chi connectivity index (χ0) is 19.0. The zero-order valence-electron chi connectivity index (χ0n) is 16.0. The van der Waals surface area contributed by atoms with E-state index in [1.165, 1.54) is 11.2 Å². The summed E-state index contributed by atoms with van der Waals surface area (Å²) in [6, 6.07) is 8.16. The fraction of sp³-hybridized carbons (Fsp3) is 0.450. The zero-order valence-corrected chi connectivity index (χ0v) is 16.0. The number of aryl methyl sites for hydroxylation is 3. The summed E-state index contributed by atoms with van der Waals surface area (Å²) in [4.78, 5) is 18.9. The molecule has 0 aliphatic carbocycles. The van der Waals surface area contributed by atoms with Crippen LogP contribution in [0.5, 0.6) is 0 Å². The number of urea groups is 1. The van der Waals surface area contributed by atoms with E-state index in [1.54, 1.807) is 6.92 Å². The highest BCUT2D eigenvalue weighted by Crippen LogP contribution is 2.26. The number of carbonyl (C=O) groups is 1. The van der Waals surface area contributed by atoms with E-state index >= 15 is 0 Å². The van der Waals surface area contributed by atoms with Gasteiger partial charge in [-0.25, -0.2) is 4.79 Å². The van der Waals surface area contributed by atoms with E-state index in [1.807, 2.05) is 17.0 Å². The van der Waals surface area contributed by atoms with Crippen molar-refractivity contribution in [2.75, 3.05) is 18.4 Å². The first-order valence-electron chi connectivity index (χ1n) is 9.51. The lowest BCUT2D eigenvalue weighted by molar-refractivity contribution is 0.190. The number of hydrogen-bond donors (Lipinski definition) is 1. The quantitative estimate of drug-likeness (QED) is 0.757. The third-order valence-corrected chi connectivity index (χ3v) is 5.29. The molecule has 0 bridgehead atoms. The van der Waals surface area contributed by atoms with Gasteiger partial charge in [0.15, 0.2) is 5.82 Å².